The van der Waals surface area contributed by atoms with Gasteiger partial charge in [-0.15, -0.1) is 0 Å². The quantitative estimate of drug-likeness (QED) is 0.189. The van der Waals surface area contributed by atoms with Gasteiger partial charge in [0.1, 0.15) is 18.1 Å². The standard InChI is InChI=1S/C21H31N5O6S/c1-12(21(31)32)24-19(29)16(11-17(23)27)26-20(30)15(10-13-6-4-3-5-7-13)25-18(28)14(22)8-9-33-2/h3-7,12,14-16H,8-11,22H2,1-2H3,(H2,23,27)(H,24,29)(H,25,28)(H,26,30)(H,31,32). The molecule has 0 saturated carbocycles. The number of nitrogens with two attached hydrogens (primary N) is 2. The maximum absolute atomic E-state index is 13.0. The van der Waals surface area contributed by atoms with Gasteiger partial charge in [-0.25, -0.2) is 0 Å². The lowest BCUT2D eigenvalue weighted by molar-refractivity contribution is -0.142. The number of thioether (sulfide) groups is 1. The van der Waals surface area contributed by atoms with Crippen LogP contribution >= 0.6 is 11.8 Å². The number of carboxylic acid groups (broad SMARTS) is 1. The number of nitrogens with one attached hydrogen (secondary N) is 3. The summed E-state index contributed by atoms with van der Waals surface area (Å²) in [6, 6.07) is 4.28. The van der Waals surface area contributed by atoms with Crippen LogP contribution in [0.25, 0.3) is 0 Å². The Hall–Kier alpha value is -3.12. The third-order valence-corrected chi connectivity index (χ3v) is 5.30. The van der Waals surface area contributed by atoms with Crippen LogP contribution in [0.4, 0.5) is 0 Å². The van der Waals surface area contributed by atoms with Crippen molar-refractivity contribution in [2.24, 2.45) is 11.5 Å². The van der Waals surface area contributed by atoms with Gasteiger partial charge in [-0.05, 0) is 30.9 Å². The Labute approximate surface area is 196 Å². The van der Waals surface area contributed by atoms with Gasteiger partial charge in [-0.2, -0.15) is 11.8 Å². The molecule has 0 bridgehead atoms. The zero-order valence-corrected chi connectivity index (χ0v) is 19.4. The summed E-state index contributed by atoms with van der Waals surface area (Å²) in [5.41, 5.74) is 11.8. The van der Waals surface area contributed by atoms with Crippen molar-refractivity contribution in [3.63, 3.8) is 0 Å². The minimum Gasteiger partial charge on any atom is -0.480 e. The summed E-state index contributed by atoms with van der Waals surface area (Å²) in [7, 11) is 0. The number of amides is 4. The fourth-order valence-corrected chi connectivity index (χ4v) is 3.26. The van der Waals surface area contributed by atoms with Crippen LogP contribution in [0, 0.1) is 0 Å². The first-order valence-corrected chi connectivity index (χ1v) is 11.6. The number of carboxylic acids is 1. The topological polar surface area (TPSA) is 194 Å². The van der Waals surface area contributed by atoms with E-state index in [1.165, 1.54) is 18.7 Å². The van der Waals surface area contributed by atoms with E-state index in [1.54, 1.807) is 30.3 Å². The summed E-state index contributed by atoms with van der Waals surface area (Å²) >= 11 is 1.53. The molecule has 0 aliphatic heterocycles. The third-order valence-electron chi connectivity index (χ3n) is 4.65. The van der Waals surface area contributed by atoms with E-state index in [1.807, 2.05) is 6.26 Å². The molecule has 8 N–H and O–H groups in total. The molecular weight excluding hydrogens is 450 g/mol. The SMILES string of the molecule is CSCCC(N)C(=O)NC(Cc1ccccc1)C(=O)NC(CC(N)=O)C(=O)NC(C)C(=O)O. The lowest BCUT2D eigenvalue weighted by atomic mass is 10.0. The molecule has 0 radical (unpaired) electrons. The molecule has 4 amide bonds. The van der Waals surface area contributed by atoms with Crippen LogP contribution in [0.3, 0.4) is 0 Å². The van der Waals surface area contributed by atoms with Gasteiger partial charge in [0.05, 0.1) is 12.5 Å². The molecule has 12 heteroatoms. The molecule has 33 heavy (non-hydrogen) atoms. The maximum atomic E-state index is 13.0. The van der Waals surface area contributed by atoms with E-state index in [-0.39, 0.29) is 6.42 Å². The Bertz CT molecular complexity index is 838. The number of rotatable bonds is 14. The van der Waals surface area contributed by atoms with E-state index < -0.39 is 60.2 Å². The molecule has 0 aromatic heterocycles. The van der Waals surface area contributed by atoms with Crippen LogP contribution in [0.15, 0.2) is 30.3 Å². The number of primary amides is 1. The first-order chi connectivity index (χ1) is 15.5. The summed E-state index contributed by atoms with van der Waals surface area (Å²) in [6.07, 6.45) is 1.84. The average Bonchev–Trinajstić information content (AvgIpc) is 2.76. The second kappa shape index (κ2) is 14.1. The number of benzene rings is 1. The van der Waals surface area contributed by atoms with Crippen molar-refractivity contribution in [1.29, 1.82) is 0 Å². The molecule has 4 unspecified atom stereocenters. The fraction of sp³-hybridized carbons (Fsp3) is 0.476. The first kappa shape index (κ1) is 27.9. The van der Waals surface area contributed by atoms with Crippen molar-refractivity contribution < 1.29 is 29.1 Å². The zero-order valence-electron chi connectivity index (χ0n) is 18.6. The summed E-state index contributed by atoms with van der Waals surface area (Å²) in [4.78, 5) is 60.4. The summed E-state index contributed by atoms with van der Waals surface area (Å²) in [5.74, 6) is -3.67. The van der Waals surface area contributed by atoms with E-state index in [4.69, 9.17) is 16.6 Å². The van der Waals surface area contributed by atoms with Crippen molar-refractivity contribution in [2.75, 3.05) is 12.0 Å². The normalized spacial score (nSPS) is 14.3. The van der Waals surface area contributed by atoms with Gasteiger partial charge in [0.25, 0.3) is 0 Å². The predicted molar refractivity (Wildman–Crippen MR) is 124 cm³/mol. The molecule has 182 valence electrons. The van der Waals surface area contributed by atoms with Crippen molar-refractivity contribution in [3.8, 4) is 0 Å². The summed E-state index contributed by atoms with van der Waals surface area (Å²) < 4.78 is 0. The van der Waals surface area contributed by atoms with E-state index in [2.05, 4.69) is 16.0 Å². The second-order valence-electron chi connectivity index (χ2n) is 7.44. The number of carbonyl (C=O) groups is 5. The highest BCUT2D eigenvalue weighted by atomic mass is 32.2. The van der Waals surface area contributed by atoms with E-state index >= 15 is 0 Å². The predicted octanol–water partition coefficient (Wildman–Crippen LogP) is -1.26. The van der Waals surface area contributed by atoms with E-state index in [9.17, 15) is 24.0 Å². The minimum absolute atomic E-state index is 0.101. The zero-order chi connectivity index (χ0) is 25.0. The van der Waals surface area contributed by atoms with Crippen LogP contribution in [-0.2, 0) is 30.4 Å². The Morgan fingerprint density at radius 1 is 0.970 bits per heavy atom. The molecule has 0 spiro atoms. The van der Waals surface area contributed by atoms with Gasteiger partial charge in [-0.3, -0.25) is 24.0 Å². The van der Waals surface area contributed by atoms with Gasteiger partial charge in [-0.1, -0.05) is 30.3 Å². The summed E-state index contributed by atoms with van der Waals surface area (Å²) in [5, 5.41) is 16.2. The van der Waals surface area contributed by atoms with Gasteiger partial charge < -0.3 is 32.5 Å². The molecule has 11 nitrogen and oxygen atoms in total. The average molecular weight is 482 g/mol. The number of hydrogen-bond acceptors (Lipinski definition) is 7. The largest absolute Gasteiger partial charge is 0.480 e. The van der Waals surface area contributed by atoms with Crippen LogP contribution < -0.4 is 27.4 Å². The van der Waals surface area contributed by atoms with Crippen molar-refractivity contribution in [2.45, 2.75) is 50.4 Å². The van der Waals surface area contributed by atoms with Crippen LogP contribution in [-0.4, -0.2) is 70.9 Å². The van der Waals surface area contributed by atoms with Gasteiger partial charge in [0, 0.05) is 6.42 Å². The van der Waals surface area contributed by atoms with Gasteiger partial charge in [0.2, 0.25) is 23.6 Å². The van der Waals surface area contributed by atoms with Crippen molar-refractivity contribution in [3.05, 3.63) is 35.9 Å². The molecule has 0 fully saturated rings. The monoisotopic (exact) mass is 481 g/mol. The van der Waals surface area contributed by atoms with E-state index in [0.29, 0.717) is 12.2 Å². The summed E-state index contributed by atoms with van der Waals surface area (Å²) in [6.45, 7) is 1.23. The molecule has 4 atom stereocenters. The molecule has 1 aromatic rings. The molecule has 0 aliphatic carbocycles. The molecule has 0 saturated heterocycles. The molecule has 1 rings (SSSR count). The molecule has 0 aliphatic rings. The number of carbonyl (C=O) groups excluding carboxylic acids is 4. The maximum Gasteiger partial charge on any atom is 0.325 e. The highest BCUT2D eigenvalue weighted by Crippen LogP contribution is 2.06. The van der Waals surface area contributed by atoms with Gasteiger partial charge >= 0.3 is 5.97 Å². The highest BCUT2D eigenvalue weighted by molar-refractivity contribution is 7.98. The van der Waals surface area contributed by atoms with Crippen LogP contribution in [0.2, 0.25) is 0 Å². The lowest BCUT2D eigenvalue weighted by Crippen LogP contribution is -2.58. The fourth-order valence-electron chi connectivity index (χ4n) is 2.77. The molecular formula is C21H31N5O6S. The van der Waals surface area contributed by atoms with Gasteiger partial charge in [0.15, 0.2) is 0 Å². The minimum atomic E-state index is -1.42. The van der Waals surface area contributed by atoms with Crippen LogP contribution in [0.1, 0.15) is 25.3 Å². The Balaban J connectivity index is 3.03. The Morgan fingerprint density at radius 2 is 1.55 bits per heavy atom. The second-order valence-corrected chi connectivity index (χ2v) is 8.42. The number of hydrogen-bond donors (Lipinski definition) is 6. The molecule has 0 heterocycles. The Morgan fingerprint density at radius 3 is 2.09 bits per heavy atom. The third kappa shape index (κ3) is 10.4. The Kier molecular flexibility index (Phi) is 11.9. The van der Waals surface area contributed by atoms with E-state index in [0.717, 1.165) is 5.56 Å². The van der Waals surface area contributed by atoms with Crippen LogP contribution in [0.5, 0.6) is 0 Å². The van der Waals surface area contributed by atoms with Crippen molar-refractivity contribution >= 4 is 41.4 Å². The first-order valence-electron chi connectivity index (χ1n) is 10.3. The lowest BCUT2D eigenvalue weighted by Gasteiger charge is -2.24. The number of aliphatic carboxylic acids is 1. The molecule has 1 aromatic carbocycles. The smallest absolute Gasteiger partial charge is 0.325 e. The van der Waals surface area contributed by atoms with Crippen molar-refractivity contribution in [1.82, 2.24) is 16.0 Å². The highest BCUT2D eigenvalue weighted by Gasteiger charge is 2.30.